The molecule has 1 aromatic carbocycles. The molecule has 1 aliphatic rings. The standard InChI is InChI=1S/C18H28N2O4.ClH/c1-4-23-18(22)20-9-7-19(8-10-20)12-16(21)13-24-17-11-14(2)5-6-15(17)3;/h5-6,11,16,21H,4,7-10,12-13H2,1-3H3;1H. The number of amides is 1. The number of benzene rings is 1. The fourth-order valence-corrected chi connectivity index (χ4v) is 2.73. The van der Waals surface area contributed by atoms with Gasteiger partial charge in [0, 0.05) is 32.7 Å². The maximum atomic E-state index is 11.7. The Labute approximate surface area is 156 Å². The molecule has 142 valence electrons. The van der Waals surface area contributed by atoms with Crippen molar-refractivity contribution < 1.29 is 19.4 Å². The van der Waals surface area contributed by atoms with E-state index in [9.17, 15) is 9.90 Å². The lowest BCUT2D eigenvalue weighted by Crippen LogP contribution is -2.51. The Hall–Kier alpha value is -1.50. The van der Waals surface area contributed by atoms with Crippen molar-refractivity contribution in [3.8, 4) is 5.75 Å². The van der Waals surface area contributed by atoms with Crippen LogP contribution in [-0.2, 0) is 4.74 Å². The molecule has 25 heavy (non-hydrogen) atoms. The minimum absolute atomic E-state index is 0. The van der Waals surface area contributed by atoms with Crippen LogP contribution >= 0.6 is 12.4 Å². The first-order valence-corrected chi connectivity index (χ1v) is 8.51. The number of halogens is 1. The van der Waals surface area contributed by atoms with Crippen molar-refractivity contribution in [3.05, 3.63) is 29.3 Å². The van der Waals surface area contributed by atoms with Crippen LogP contribution in [-0.4, -0.2) is 73.0 Å². The number of hydrogen-bond donors (Lipinski definition) is 1. The topological polar surface area (TPSA) is 62.2 Å². The number of nitrogens with zero attached hydrogens (tertiary/aromatic N) is 2. The molecule has 0 spiro atoms. The maximum absolute atomic E-state index is 11.7. The number of carbonyl (C=O) groups excluding carboxylic acids is 1. The van der Waals surface area contributed by atoms with Gasteiger partial charge < -0.3 is 19.5 Å². The van der Waals surface area contributed by atoms with Crippen molar-refractivity contribution in [2.75, 3.05) is 45.9 Å². The van der Waals surface area contributed by atoms with Gasteiger partial charge in [-0.1, -0.05) is 12.1 Å². The Bertz CT molecular complexity index is 548. The van der Waals surface area contributed by atoms with Gasteiger partial charge in [-0.3, -0.25) is 4.90 Å². The molecule has 1 saturated heterocycles. The molecule has 7 heteroatoms. The van der Waals surface area contributed by atoms with Gasteiger partial charge in [0.05, 0.1) is 6.61 Å². The Morgan fingerprint density at radius 1 is 1.24 bits per heavy atom. The third-order valence-electron chi connectivity index (χ3n) is 4.14. The van der Waals surface area contributed by atoms with E-state index in [0.717, 1.165) is 30.0 Å². The van der Waals surface area contributed by atoms with Crippen LogP contribution in [0.2, 0.25) is 0 Å². The number of piperazine rings is 1. The summed E-state index contributed by atoms with van der Waals surface area (Å²) in [6.45, 7) is 9.75. The lowest BCUT2D eigenvalue weighted by molar-refractivity contribution is 0.0406. The first-order valence-electron chi connectivity index (χ1n) is 8.51. The van der Waals surface area contributed by atoms with Crippen LogP contribution in [0.5, 0.6) is 5.75 Å². The number of hydrogen-bond acceptors (Lipinski definition) is 5. The summed E-state index contributed by atoms with van der Waals surface area (Å²) in [7, 11) is 0. The van der Waals surface area contributed by atoms with E-state index in [1.165, 1.54) is 0 Å². The number of β-amino-alcohol motifs (C(OH)–C–C–N with tert-alkyl or cyclic N) is 1. The second-order valence-electron chi connectivity index (χ2n) is 6.22. The number of aliphatic hydroxyl groups excluding tert-OH is 1. The summed E-state index contributed by atoms with van der Waals surface area (Å²) in [5.74, 6) is 0.821. The number of rotatable bonds is 6. The molecule has 1 aliphatic heterocycles. The quantitative estimate of drug-likeness (QED) is 0.829. The summed E-state index contributed by atoms with van der Waals surface area (Å²) >= 11 is 0. The van der Waals surface area contributed by atoms with Crippen molar-refractivity contribution in [2.45, 2.75) is 26.9 Å². The fraction of sp³-hybridized carbons (Fsp3) is 0.611. The average Bonchev–Trinajstić information content (AvgIpc) is 2.56. The smallest absolute Gasteiger partial charge is 0.409 e. The summed E-state index contributed by atoms with van der Waals surface area (Å²) in [4.78, 5) is 15.5. The van der Waals surface area contributed by atoms with Gasteiger partial charge in [0.1, 0.15) is 18.5 Å². The third-order valence-corrected chi connectivity index (χ3v) is 4.14. The minimum Gasteiger partial charge on any atom is -0.491 e. The van der Waals surface area contributed by atoms with Crippen LogP contribution < -0.4 is 4.74 Å². The third kappa shape index (κ3) is 6.72. The van der Waals surface area contributed by atoms with Gasteiger partial charge in [-0.2, -0.15) is 0 Å². The molecule has 0 radical (unpaired) electrons. The highest BCUT2D eigenvalue weighted by Crippen LogP contribution is 2.19. The molecule has 2 rings (SSSR count). The minimum atomic E-state index is -0.556. The Balaban J connectivity index is 0.00000312. The van der Waals surface area contributed by atoms with E-state index in [1.807, 2.05) is 32.0 Å². The molecule has 1 unspecified atom stereocenters. The van der Waals surface area contributed by atoms with Crippen molar-refractivity contribution in [1.82, 2.24) is 9.80 Å². The van der Waals surface area contributed by atoms with Gasteiger partial charge in [0.25, 0.3) is 0 Å². The van der Waals surface area contributed by atoms with Gasteiger partial charge in [-0.25, -0.2) is 4.79 Å². The first kappa shape index (κ1) is 21.5. The second-order valence-corrected chi connectivity index (χ2v) is 6.22. The zero-order valence-electron chi connectivity index (χ0n) is 15.2. The predicted octanol–water partition coefficient (Wildman–Crippen LogP) is 2.24. The van der Waals surface area contributed by atoms with Crippen LogP contribution in [0.15, 0.2) is 18.2 Å². The highest BCUT2D eigenvalue weighted by atomic mass is 35.5. The monoisotopic (exact) mass is 372 g/mol. The molecular formula is C18H29ClN2O4. The van der Waals surface area contributed by atoms with Crippen LogP contribution in [0.25, 0.3) is 0 Å². The number of carbonyl (C=O) groups is 1. The summed E-state index contributed by atoms with van der Waals surface area (Å²) in [5.41, 5.74) is 2.20. The molecular weight excluding hydrogens is 344 g/mol. The highest BCUT2D eigenvalue weighted by Gasteiger charge is 2.23. The van der Waals surface area contributed by atoms with Crippen LogP contribution in [0.1, 0.15) is 18.1 Å². The lowest BCUT2D eigenvalue weighted by atomic mass is 10.1. The Morgan fingerprint density at radius 3 is 2.56 bits per heavy atom. The van der Waals surface area contributed by atoms with E-state index in [2.05, 4.69) is 4.90 Å². The summed E-state index contributed by atoms with van der Waals surface area (Å²) in [6, 6.07) is 6.05. The highest BCUT2D eigenvalue weighted by molar-refractivity contribution is 5.85. The molecule has 0 aromatic heterocycles. The first-order chi connectivity index (χ1) is 11.5. The van der Waals surface area contributed by atoms with Gasteiger partial charge in [0.2, 0.25) is 0 Å². The number of aliphatic hydroxyl groups is 1. The SMILES string of the molecule is CCOC(=O)N1CCN(CC(O)COc2cc(C)ccc2C)CC1.Cl. The Kier molecular flexibility index (Phi) is 9.03. The lowest BCUT2D eigenvalue weighted by Gasteiger charge is -2.34. The van der Waals surface area contributed by atoms with Crippen LogP contribution in [0.4, 0.5) is 4.79 Å². The van der Waals surface area contributed by atoms with Gasteiger partial charge in [0.15, 0.2) is 0 Å². The Morgan fingerprint density at radius 2 is 1.92 bits per heavy atom. The molecule has 1 amide bonds. The number of ether oxygens (including phenoxy) is 2. The zero-order chi connectivity index (χ0) is 17.5. The normalized spacial score (nSPS) is 16.1. The van der Waals surface area contributed by atoms with Crippen molar-refractivity contribution in [2.24, 2.45) is 0 Å². The molecule has 0 saturated carbocycles. The summed E-state index contributed by atoms with van der Waals surface area (Å²) < 4.78 is 10.8. The van der Waals surface area contributed by atoms with E-state index >= 15 is 0 Å². The molecule has 6 nitrogen and oxygen atoms in total. The number of aryl methyl sites for hydroxylation is 2. The van der Waals surface area contributed by atoms with Crippen molar-refractivity contribution in [1.29, 1.82) is 0 Å². The van der Waals surface area contributed by atoms with E-state index in [-0.39, 0.29) is 25.1 Å². The average molecular weight is 373 g/mol. The van der Waals surface area contributed by atoms with Gasteiger partial charge in [-0.05, 0) is 38.0 Å². The van der Waals surface area contributed by atoms with E-state index in [0.29, 0.717) is 26.2 Å². The van der Waals surface area contributed by atoms with E-state index in [4.69, 9.17) is 9.47 Å². The molecule has 0 aliphatic carbocycles. The molecule has 0 bridgehead atoms. The van der Waals surface area contributed by atoms with E-state index < -0.39 is 6.10 Å². The second kappa shape index (κ2) is 10.5. The molecule has 1 heterocycles. The van der Waals surface area contributed by atoms with E-state index in [1.54, 1.807) is 11.8 Å². The maximum Gasteiger partial charge on any atom is 0.409 e. The molecule has 1 atom stereocenters. The fourth-order valence-electron chi connectivity index (χ4n) is 2.73. The largest absolute Gasteiger partial charge is 0.491 e. The van der Waals surface area contributed by atoms with Crippen molar-refractivity contribution in [3.63, 3.8) is 0 Å². The van der Waals surface area contributed by atoms with Gasteiger partial charge in [-0.15, -0.1) is 12.4 Å². The van der Waals surface area contributed by atoms with Crippen molar-refractivity contribution >= 4 is 18.5 Å². The van der Waals surface area contributed by atoms with Gasteiger partial charge >= 0.3 is 6.09 Å². The molecule has 1 N–H and O–H groups in total. The van der Waals surface area contributed by atoms with Crippen LogP contribution in [0, 0.1) is 13.8 Å². The summed E-state index contributed by atoms with van der Waals surface area (Å²) in [6.07, 6.45) is -0.810. The predicted molar refractivity (Wildman–Crippen MR) is 99.7 cm³/mol. The van der Waals surface area contributed by atoms with Crippen LogP contribution in [0.3, 0.4) is 0 Å². The summed E-state index contributed by atoms with van der Waals surface area (Å²) in [5, 5.41) is 10.2. The zero-order valence-corrected chi connectivity index (χ0v) is 16.1. The molecule has 1 fully saturated rings. The molecule has 1 aromatic rings.